The normalized spacial score (nSPS) is 10.7. The van der Waals surface area contributed by atoms with Crippen LogP contribution in [0.5, 0.6) is 11.5 Å². The van der Waals surface area contributed by atoms with Gasteiger partial charge in [-0.15, -0.1) is 0 Å². The molecule has 176 valence electrons. The molecule has 1 heterocycles. The number of carbonyl (C=O) groups excluding carboxylic acids is 2. The molecule has 9 heteroatoms. The maximum absolute atomic E-state index is 12.8. The summed E-state index contributed by atoms with van der Waals surface area (Å²) in [6.45, 7) is 0. The van der Waals surface area contributed by atoms with Gasteiger partial charge in [-0.25, -0.2) is 5.43 Å². The van der Waals surface area contributed by atoms with Crippen molar-refractivity contribution in [2.45, 2.75) is 0 Å². The number of anilines is 1. The molecule has 0 saturated heterocycles. The number of aromatic nitrogens is 2. The maximum Gasteiger partial charge on any atom is 0.273 e. The average Bonchev–Trinajstić information content (AvgIpc) is 3.37. The van der Waals surface area contributed by atoms with Crippen LogP contribution >= 0.6 is 0 Å². The molecule has 3 N–H and O–H groups in total. The zero-order valence-electron chi connectivity index (χ0n) is 19.1. The van der Waals surface area contributed by atoms with Crippen LogP contribution < -0.4 is 20.2 Å². The third-order valence-electron chi connectivity index (χ3n) is 5.17. The van der Waals surface area contributed by atoms with Gasteiger partial charge >= 0.3 is 0 Å². The Hall–Kier alpha value is -4.92. The lowest BCUT2D eigenvalue weighted by atomic mass is 10.1. The summed E-state index contributed by atoms with van der Waals surface area (Å²) in [5, 5.41) is 13.8. The highest BCUT2D eigenvalue weighted by molar-refractivity contribution is 6.09. The van der Waals surface area contributed by atoms with Crippen LogP contribution in [-0.4, -0.2) is 42.4 Å². The number of nitrogens with zero attached hydrogens (tertiary/aromatic N) is 2. The van der Waals surface area contributed by atoms with Crippen LogP contribution in [0.1, 0.15) is 26.3 Å². The fourth-order valence-corrected chi connectivity index (χ4v) is 3.35. The summed E-state index contributed by atoms with van der Waals surface area (Å²) in [5.74, 6) is 0.464. The van der Waals surface area contributed by atoms with Crippen molar-refractivity contribution in [2.24, 2.45) is 5.10 Å². The van der Waals surface area contributed by atoms with Crippen LogP contribution in [0.3, 0.4) is 0 Å². The topological polar surface area (TPSA) is 118 Å². The van der Waals surface area contributed by atoms with Crippen LogP contribution in [0.15, 0.2) is 84.1 Å². The predicted molar refractivity (Wildman–Crippen MR) is 133 cm³/mol. The van der Waals surface area contributed by atoms with Crippen molar-refractivity contribution in [1.82, 2.24) is 15.6 Å². The molecule has 9 nitrogen and oxygen atoms in total. The Kier molecular flexibility index (Phi) is 7.17. The molecule has 4 aromatic rings. The van der Waals surface area contributed by atoms with Gasteiger partial charge in [0.2, 0.25) is 0 Å². The van der Waals surface area contributed by atoms with Crippen LogP contribution in [0.25, 0.3) is 11.3 Å². The predicted octanol–water partition coefficient (Wildman–Crippen LogP) is 4.11. The van der Waals surface area contributed by atoms with Gasteiger partial charge in [-0.3, -0.25) is 14.7 Å². The lowest BCUT2D eigenvalue weighted by Gasteiger charge is -2.10. The molecule has 0 aliphatic rings. The van der Waals surface area contributed by atoms with E-state index in [-0.39, 0.29) is 11.5 Å². The number of para-hydroxylation sites is 1. The number of ether oxygens (including phenoxy) is 2. The summed E-state index contributed by atoms with van der Waals surface area (Å²) >= 11 is 0. The standard InChI is InChI=1S/C26H23N5O4/c1-34-20-12-10-17(11-13-20)24-19(15-27-30-24)16-28-31-26(33)22-8-3-4-9-23(22)29-25(32)18-6-5-7-21(14-18)35-2/h3-16H,1-2H3,(H,27,30)(H,29,32)(H,31,33)/b28-16-. The van der Waals surface area contributed by atoms with E-state index in [2.05, 4.69) is 26.0 Å². The van der Waals surface area contributed by atoms with Crippen molar-refractivity contribution in [2.75, 3.05) is 19.5 Å². The molecule has 3 aromatic carbocycles. The Bertz CT molecular complexity index is 1360. The molecule has 0 aliphatic carbocycles. The van der Waals surface area contributed by atoms with E-state index in [4.69, 9.17) is 9.47 Å². The summed E-state index contributed by atoms with van der Waals surface area (Å²) in [7, 11) is 3.13. The monoisotopic (exact) mass is 469 g/mol. The van der Waals surface area contributed by atoms with Gasteiger partial charge in [0.15, 0.2) is 0 Å². The lowest BCUT2D eigenvalue weighted by Crippen LogP contribution is -2.21. The molecule has 2 amide bonds. The lowest BCUT2D eigenvalue weighted by molar-refractivity contribution is 0.0956. The third kappa shape index (κ3) is 5.53. The minimum Gasteiger partial charge on any atom is -0.497 e. The molecule has 35 heavy (non-hydrogen) atoms. The van der Waals surface area contributed by atoms with E-state index >= 15 is 0 Å². The maximum atomic E-state index is 12.8. The van der Waals surface area contributed by atoms with E-state index in [0.29, 0.717) is 22.6 Å². The quantitative estimate of drug-likeness (QED) is 0.265. The van der Waals surface area contributed by atoms with Crippen LogP contribution in [0.4, 0.5) is 5.69 Å². The number of hydrazone groups is 1. The summed E-state index contributed by atoms with van der Waals surface area (Å²) in [5.41, 5.74) is 5.86. The fraction of sp³-hybridized carbons (Fsp3) is 0.0769. The molecular formula is C26H23N5O4. The van der Waals surface area contributed by atoms with Gasteiger partial charge in [0.25, 0.3) is 11.8 Å². The molecule has 0 saturated carbocycles. The first-order chi connectivity index (χ1) is 17.1. The van der Waals surface area contributed by atoms with Gasteiger partial charge in [0.05, 0.1) is 43.6 Å². The Morgan fingerprint density at radius 1 is 0.914 bits per heavy atom. The van der Waals surface area contributed by atoms with Crippen molar-refractivity contribution in [3.63, 3.8) is 0 Å². The summed E-state index contributed by atoms with van der Waals surface area (Å²) < 4.78 is 10.4. The van der Waals surface area contributed by atoms with E-state index in [0.717, 1.165) is 17.0 Å². The third-order valence-corrected chi connectivity index (χ3v) is 5.17. The highest BCUT2D eigenvalue weighted by Gasteiger charge is 2.14. The first-order valence-electron chi connectivity index (χ1n) is 10.6. The zero-order valence-corrected chi connectivity index (χ0v) is 19.1. The van der Waals surface area contributed by atoms with E-state index in [9.17, 15) is 9.59 Å². The number of carbonyl (C=O) groups is 2. The number of benzene rings is 3. The molecule has 0 bridgehead atoms. The number of H-pyrrole nitrogens is 1. The van der Waals surface area contributed by atoms with Crippen molar-refractivity contribution in [1.29, 1.82) is 0 Å². The Labute approximate surface area is 201 Å². The van der Waals surface area contributed by atoms with Gasteiger partial charge in [-0.2, -0.15) is 10.2 Å². The largest absolute Gasteiger partial charge is 0.497 e. The first kappa shape index (κ1) is 23.2. The summed E-state index contributed by atoms with van der Waals surface area (Å²) in [6.07, 6.45) is 3.11. The van der Waals surface area contributed by atoms with Crippen molar-refractivity contribution < 1.29 is 19.1 Å². The number of nitrogens with one attached hydrogen (secondary N) is 3. The number of rotatable bonds is 8. The summed E-state index contributed by atoms with van der Waals surface area (Å²) in [4.78, 5) is 25.5. The Balaban J connectivity index is 1.46. The number of aromatic amines is 1. The molecule has 0 fully saturated rings. The number of methoxy groups -OCH3 is 2. The van der Waals surface area contributed by atoms with E-state index in [1.165, 1.54) is 13.3 Å². The fourth-order valence-electron chi connectivity index (χ4n) is 3.35. The van der Waals surface area contributed by atoms with Gasteiger partial charge in [-0.05, 0) is 54.6 Å². The van der Waals surface area contributed by atoms with Crippen molar-refractivity contribution >= 4 is 23.7 Å². The minimum atomic E-state index is -0.475. The van der Waals surface area contributed by atoms with Crippen LogP contribution in [0.2, 0.25) is 0 Å². The molecule has 0 aliphatic heterocycles. The van der Waals surface area contributed by atoms with E-state index in [1.54, 1.807) is 61.8 Å². The van der Waals surface area contributed by atoms with Gasteiger partial charge in [0, 0.05) is 16.7 Å². The van der Waals surface area contributed by atoms with Gasteiger partial charge in [0.1, 0.15) is 11.5 Å². The minimum absolute atomic E-state index is 0.267. The zero-order chi connectivity index (χ0) is 24.6. The molecule has 0 atom stereocenters. The van der Waals surface area contributed by atoms with E-state index in [1.807, 2.05) is 24.3 Å². The molecule has 0 spiro atoms. The second-order valence-corrected chi connectivity index (χ2v) is 7.36. The highest BCUT2D eigenvalue weighted by Crippen LogP contribution is 2.23. The molecule has 4 rings (SSSR count). The number of hydrogen-bond acceptors (Lipinski definition) is 6. The van der Waals surface area contributed by atoms with E-state index < -0.39 is 5.91 Å². The van der Waals surface area contributed by atoms with Gasteiger partial charge in [-0.1, -0.05) is 18.2 Å². The number of amides is 2. The van der Waals surface area contributed by atoms with Gasteiger partial charge < -0.3 is 14.8 Å². The first-order valence-corrected chi connectivity index (χ1v) is 10.6. The average molecular weight is 470 g/mol. The summed E-state index contributed by atoms with van der Waals surface area (Å²) in [6, 6.07) is 20.9. The van der Waals surface area contributed by atoms with Crippen molar-refractivity contribution in [3.05, 3.63) is 95.7 Å². The Morgan fingerprint density at radius 3 is 2.46 bits per heavy atom. The number of hydrogen-bond donors (Lipinski definition) is 3. The molecular weight excluding hydrogens is 446 g/mol. The Morgan fingerprint density at radius 2 is 1.69 bits per heavy atom. The molecule has 0 unspecified atom stereocenters. The van der Waals surface area contributed by atoms with Crippen LogP contribution in [-0.2, 0) is 0 Å². The molecule has 1 aromatic heterocycles. The SMILES string of the molecule is COc1ccc(-c2[nH]ncc2/C=N\NC(=O)c2ccccc2NC(=O)c2cccc(OC)c2)cc1. The van der Waals surface area contributed by atoms with Crippen LogP contribution in [0, 0.1) is 0 Å². The highest BCUT2D eigenvalue weighted by atomic mass is 16.5. The smallest absolute Gasteiger partial charge is 0.273 e. The molecule has 0 radical (unpaired) electrons. The van der Waals surface area contributed by atoms with Crippen molar-refractivity contribution in [3.8, 4) is 22.8 Å². The second-order valence-electron chi connectivity index (χ2n) is 7.36. The second kappa shape index (κ2) is 10.8.